The van der Waals surface area contributed by atoms with Crippen molar-refractivity contribution in [3.63, 3.8) is 0 Å². The smallest absolute Gasteiger partial charge is 0.0375 e. The van der Waals surface area contributed by atoms with Crippen LogP contribution in [0.1, 0.15) is 35.7 Å². The number of aromatic nitrogens is 1. The molecule has 1 unspecified atom stereocenters. The van der Waals surface area contributed by atoms with Crippen molar-refractivity contribution >= 4 is 0 Å². The van der Waals surface area contributed by atoms with E-state index in [1.54, 1.807) is 0 Å². The van der Waals surface area contributed by atoms with Crippen molar-refractivity contribution in [2.75, 3.05) is 7.05 Å². The quantitative estimate of drug-likeness (QED) is 0.850. The van der Waals surface area contributed by atoms with Gasteiger partial charge in [0, 0.05) is 17.9 Å². The molecule has 2 nitrogen and oxygen atoms in total. The highest BCUT2D eigenvalue weighted by Crippen LogP contribution is 2.19. The summed E-state index contributed by atoms with van der Waals surface area (Å²) in [4.78, 5) is 4.26. The van der Waals surface area contributed by atoms with Crippen LogP contribution in [-0.4, -0.2) is 12.0 Å². The third kappa shape index (κ3) is 4.18. The minimum Gasteiger partial charge on any atom is -0.313 e. The van der Waals surface area contributed by atoms with E-state index in [0.717, 1.165) is 18.5 Å². The second-order valence-electron chi connectivity index (χ2n) is 4.95. The van der Waals surface area contributed by atoms with Crippen molar-refractivity contribution in [1.29, 1.82) is 0 Å². The predicted molar refractivity (Wildman–Crippen MR) is 80.2 cm³/mol. The summed E-state index contributed by atoms with van der Waals surface area (Å²) >= 11 is 0. The number of aryl methyl sites for hydroxylation is 2. The molecule has 0 saturated carbocycles. The molecule has 0 amide bonds. The summed E-state index contributed by atoms with van der Waals surface area (Å²) < 4.78 is 0. The van der Waals surface area contributed by atoms with Crippen LogP contribution in [0.25, 0.3) is 0 Å². The van der Waals surface area contributed by atoms with Crippen LogP contribution in [0.4, 0.5) is 0 Å². The van der Waals surface area contributed by atoms with E-state index in [2.05, 4.69) is 52.8 Å². The fourth-order valence-electron chi connectivity index (χ4n) is 2.42. The first-order chi connectivity index (χ1) is 9.29. The number of rotatable bonds is 6. The highest BCUT2D eigenvalue weighted by molar-refractivity contribution is 5.19. The Bertz CT molecular complexity index is 494. The normalized spacial score (nSPS) is 12.3. The zero-order chi connectivity index (χ0) is 13.5. The summed E-state index contributed by atoms with van der Waals surface area (Å²) in [6.45, 7) is 2.04. The van der Waals surface area contributed by atoms with Gasteiger partial charge < -0.3 is 5.32 Å². The number of hydrogen-bond donors (Lipinski definition) is 1. The van der Waals surface area contributed by atoms with Gasteiger partial charge in [0.2, 0.25) is 0 Å². The van der Waals surface area contributed by atoms with Crippen LogP contribution in [0.5, 0.6) is 0 Å². The molecule has 0 aliphatic rings. The molecule has 0 radical (unpaired) electrons. The Kier molecular flexibility index (Phi) is 5.10. The van der Waals surface area contributed by atoms with Crippen molar-refractivity contribution < 1.29 is 0 Å². The molecule has 0 bridgehead atoms. The minimum absolute atomic E-state index is 0.422. The molecule has 0 saturated heterocycles. The van der Waals surface area contributed by atoms with Gasteiger partial charge in [-0.1, -0.05) is 30.3 Å². The van der Waals surface area contributed by atoms with Gasteiger partial charge in [-0.25, -0.2) is 0 Å². The van der Waals surface area contributed by atoms with Crippen LogP contribution in [0.2, 0.25) is 0 Å². The van der Waals surface area contributed by atoms with Gasteiger partial charge in [0.05, 0.1) is 0 Å². The zero-order valence-electron chi connectivity index (χ0n) is 11.8. The molecular weight excluding hydrogens is 232 g/mol. The lowest BCUT2D eigenvalue weighted by atomic mass is 9.99. The third-order valence-corrected chi connectivity index (χ3v) is 3.47. The van der Waals surface area contributed by atoms with E-state index in [-0.39, 0.29) is 0 Å². The molecule has 0 aliphatic heterocycles. The largest absolute Gasteiger partial charge is 0.313 e. The minimum atomic E-state index is 0.422. The standard InChI is InChI=1S/C17H22N2/c1-14-13-16(11-12-19-14)17(18-2)10-6-9-15-7-4-3-5-8-15/h3-5,7-8,11-13,17-18H,6,9-10H2,1-2H3. The van der Waals surface area contributed by atoms with Gasteiger partial charge in [0.25, 0.3) is 0 Å². The molecule has 2 aromatic rings. The molecule has 1 aromatic heterocycles. The topological polar surface area (TPSA) is 24.9 Å². The molecular formula is C17H22N2. The molecule has 2 heteroatoms. The summed E-state index contributed by atoms with van der Waals surface area (Å²) in [5.41, 5.74) is 3.84. The Morgan fingerprint density at radius 2 is 1.95 bits per heavy atom. The van der Waals surface area contributed by atoms with Crippen molar-refractivity contribution in [2.45, 2.75) is 32.2 Å². The molecule has 1 atom stereocenters. The van der Waals surface area contributed by atoms with E-state index >= 15 is 0 Å². The molecule has 1 heterocycles. The lowest BCUT2D eigenvalue weighted by Crippen LogP contribution is -2.16. The van der Waals surface area contributed by atoms with Crippen molar-refractivity contribution in [2.24, 2.45) is 0 Å². The van der Waals surface area contributed by atoms with Crippen LogP contribution in [0, 0.1) is 6.92 Å². The van der Waals surface area contributed by atoms with Gasteiger partial charge in [0.15, 0.2) is 0 Å². The highest BCUT2D eigenvalue weighted by Gasteiger charge is 2.09. The predicted octanol–water partition coefficient (Wildman–Crippen LogP) is 3.67. The second kappa shape index (κ2) is 7.05. The highest BCUT2D eigenvalue weighted by atomic mass is 14.9. The first-order valence-corrected chi connectivity index (χ1v) is 6.93. The Hall–Kier alpha value is -1.67. The number of hydrogen-bond acceptors (Lipinski definition) is 2. The van der Waals surface area contributed by atoms with Crippen molar-refractivity contribution in [1.82, 2.24) is 10.3 Å². The fraction of sp³-hybridized carbons (Fsp3) is 0.353. The molecule has 19 heavy (non-hydrogen) atoms. The number of nitrogens with zero attached hydrogens (tertiary/aromatic N) is 1. The van der Waals surface area contributed by atoms with Gasteiger partial charge in [-0.2, -0.15) is 0 Å². The molecule has 100 valence electrons. The molecule has 2 rings (SSSR count). The average Bonchev–Trinajstić information content (AvgIpc) is 2.45. The third-order valence-electron chi connectivity index (χ3n) is 3.47. The summed E-state index contributed by atoms with van der Waals surface area (Å²) in [5.74, 6) is 0. The van der Waals surface area contributed by atoms with Gasteiger partial charge >= 0.3 is 0 Å². The summed E-state index contributed by atoms with van der Waals surface area (Å²) in [7, 11) is 2.03. The molecule has 1 aromatic carbocycles. The van der Waals surface area contributed by atoms with Crippen LogP contribution >= 0.6 is 0 Å². The lowest BCUT2D eigenvalue weighted by Gasteiger charge is -2.16. The van der Waals surface area contributed by atoms with Crippen molar-refractivity contribution in [3.05, 3.63) is 65.5 Å². The van der Waals surface area contributed by atoms with Crippen molar-refractivity contribution in [3.8, 4) is 0 Å². The maximum absolute atomic E-state index is 4.26. The summed E-state index contributed by atoms with van der Waals surface area (Å²) in [5, 5.41) is 3.40. The molecule has 1 N–H and O–H groups in total. The Morgan fingerprint density at radius 3 is 2.63 bits per heavy atom. The number of nitrogens with one attached hydrogen (secondary N) is 1. The number of benzene rings is 1. The van der Waals surface area contributed by atoms with E-state index < -0.39 is 0 Å². The lowest BCUT2D eigenvalue weighted by molar-refractivity contribution is 0.526. The van der Waals surface area contributed by atoms with Crippen LogP contribution < -0.4 is 5.32 Å². The van der Waals surface area contributed by atoms with Crippen LogP contribution in [0.3, 0.4) is 0 Å². The average molecular weight is 254 g/mol. The van der Waals surface area contributed by atoms with Gasteiger partial charge in [-0.05, 0) is 56.5 Å². The summed E-state index contributed by atoms with van der Waals surface area (Å²) in [6.07, 6.45) is 5.38. The van der Waals surface area contributed by atoms with Gasteiger partial charge in [0.1, 0.15) is 0 Å². The van der Waals surface area contributed by atoms with Gasteiger partial charge in [-0.3, -0.25) is 4.98 Å². The monoisotopic (exact) mass is 254 g/mol. The first-order valence-electron chi connectivity index (χ1n) is 6.93. The molecule has 0 spiro atoms. The molecule has 0 fully saturated rings. The first kappa shape index (κ1) is 13.8. The van der Waals surface area contributed by atoms with E-state index in [0.29, 0.717) is 6.04 Å². The Morgan fingerprint density at radius 1 is 1.16 bits per heavy atom. The van der Waals surface area contributed by atoms with E-state index in [1.807, 2.05) is 20.2 Å². The van der Waals surface area contributed by atoms with E-state index in [9.17, 15) is 0 Å². The van der Waals surface area contributed by atoms with Crippen LogP contribution in [-0.2, 0) is 6.42 Å². The number of pyridine rings is 1. The fourth-order valence-corrected chi connectivity index (χ4v) is 2.42. The zero-order valence-corrected chi connectivity index (χ0v) is 11.8. The summed E-state index contributed by atoms with van der Waals surface area (Å²) in [6, 6.07) is 15.4. The maximum atomic E-state index is 4.26. The second-order valence-corrected chi connectivity index (χ2v) is 4.95. The maximum Gasteiger partial charge on any atom is 0.0375 e. The Balaban J connectivity index is 1.89. The van der Waals surface area contributed by atoms with E-state index in [1.165, 1.54) is 17.5 Å². The van der Waals surface area contributed by atoms with Crippen LogP contribution in [0.15, 0.2) is 48.7 Å². The Labute approximate surface area is 115 Å². The van der Waals surface area contributed by atoms with Gasteiger partial charge in [-0.15, -0.1) is 0 Å². The van der Waals surface area contributed by atoms with E-state index in [4.69, 9.17) is 0 Å². The molecule has 0 aliphatic carbocycles. The SMILES string of the molecule is CNC(CCCc1ccccc1)c1ccnc(C)c1.